The summed E-state index contributed by atoms with van der Waals surface area (Å²) in [7, 11) is 3.32. The Morgan fingerprint density at radius 2 is 1.37 bits per heavy atom. The molecule has 30 heavy (non-hydrogen) atoms. The van der Waals surface area contributed by atoms with Crippen LogP contribution in [0.25, 0.3) is 0 Å². The summed E-state index contributed by atoms with van der Waals surface area (Å²) in [6.07, 6.45) is 3.55. The van der Waals surface area contributed by atoms with Crippen LogP contribution < -0.4 is 9.47 Å². The normalized spacial score (nSPS) is 10.6. The van der Waals surface area contributed by atoms with Gasteiger partial charge in [-0.1, -0.05) is 34.1 Å². The fraction of sp³-hybridized carbons (Fsp3) is 0.240. The number of hydrogen-bond acceptors (Lipinski definition) is 3. The third-order valence-electron chi connectivity index (χ3n) is 5.15. The number of ether oxygens (including phenoxy) is 2. The molecule has 0 aliphatic carbocycles. The second-order valence-corrected chi connectivity index (χ2v) is 8.05. The van der Waals surface area contributed by atoms with Gasteiger partial charge in [0.2, 0.25) is 0 Å². The Morgan fingerprint density at radius 3 is 1.97 bits per heavy atom. The number of rotatable bonds is 9. The number of halogens is 1. The predicted octanol–water partition coefficient (Wildman–Crippen LogP) is 5.73. The second kappa shape index (κ2) is 10.3. The zero-order chi connectivity index (χ0) is 21.5. The second-order valence-electron chi connectivity index (χ2n) is 7.14. The lowest BCUT2D eigenvalue weighted by atomic mass is 9.95. The van der Waals surface area contributed by atoms with Crippen molar-refractivity contribution in [2.45, 2.75) is 25.7 Å². The number of carboxylic acid groups (broad SMARTS) is 1. The first-order valence-corrected chi connectivity index (χ1v) is 10.6. The van der Waals surface area contributed by atoms with Gasteiger partial charge in [-0.05, 0) is 84.3 Å². The molecule has 0 saturated heterocycles. The average Bonchev–Trinajstić information content (AvgIpc) is 2.77. The van der Waals surface area contributed by atoms with Gasteiger partial charge in [0.15, 0.2) is 0 Å². The molecular weight excluding hydrogens is 444 g/mol. The zero-order valence-corrected chi connectivity index (χ0v) is 18.7. The third kappa shape index (κ3) is 5.86. The van der Waals surface area contributed by atoms with Gasteiger partial charge in [0, 0.05) is 10.5 Å². The van der Waals surface area contributed by atoms with Crippen LogP contribution in [0.1, 0.15) is 32.6 Å². The van der Waals surface area contributed by atoms with E-state index in [1.54, 1.807) is 26.4 Å². The van der Waals surface area contributed by atoms with Crippen molar-refractivity contribution in [2.75, 3.05) is 14.2 Å². The molecule has 3 rings (SSSR count). The van der Waals surface area contributed by atoms with E-state index in [0.717, 1.165) is 47.2 Å². The van der Waals surface area contributed by atoms with E-state index in [1.807, 2.05) is 30.3 Å². The van der Waals surface area contributed by atoms with Crippen molar-refractivity contribution < 1.29 is 19.4 Å². The first-order valence-electron chi connectivity index (χ1n) is 9.80. The van der Waals surface area contributed by atoms with Gasteiger partial charge in [-0.2, -0.15) is 0 Å². The smallest absolute Gasteiger partial charge is 0.335 e. The molecule has 0 saturated carbocycles. The molecule has 0 unspecified atom stereocenters. The van der Waals surface area contributed by atoms with Gasteiger partial charge >= 0.3 is 5.97 Å². The lowest BCUT2D eigenvalue weighted by molar-refractivity contribution is 0.0697. The summed E-state index contributed by atoms with van der Waals surface area (Å²) in [5, 5.41) is 9.04. The minimum atomic E-state index is -0.897. The first kappa shape index (κ1) is 21.9. The van der Waals surface area contributed by atoms with Crippen molar-refractivity contribution in [3.63, 3.8) is 0 Å². The Hall–Kier alpha value is -2.79. The Balaban J connectivity index is 1.71. The highest BCUT2D eigenvalue weighted by molar-refractivity contribution is 9.10. The lowest BCUT2D eigenvalue weighted by Gasteiger charge is -2.12. The van der Waals surface area contributed by atoms with Crippen LogP contribution in [-0.2, 0) is 25.7 Å². The zero-order valence-electron chi connectivity index (χ0n) is 17.2. The van der Waals surface area contributed by atoms with Crippen molar-refractivity contribution in [3.05, 3.63) is 93.0 Å². The summed E-state index contributed by atoms with van der Waals surface area (Å²) in [6, 6.07) is 19.5. The predicted molar refractivity (Wildman–Crippen MR) is 122 cm³/mol. The minimum Gasteiger partial charge on any atom is -0.497 e. The maximum absolute atomic E-state index is 11.0. The molecule has 4 nitrogen and oxygen atoms in total. The van der Waals surface area contributed by atoms with Gasteiger partial charge in [0.05, 0.1) is 19.8 Å². The number of methoxy groups -OCH3 is 2. The van der Waals surface area contributed by atoms with E-state index >= 15 is 0 Å². The highest BCUT2D eigenvalue weighted by atomic mass is 79.9. The minimum absolute atomic E-state index is 0.316. The van der Waals surface area contributed by atoms with Gasteiger partial charge in [-0.3, -0.25) is 0 Å². The fourth-order valence-electron chi connectivity index (χ4n) is 3.45. The summed E-state index contributed by atoms with van der Waals surface area (Å²) in [6.45, 7) is 0. The topological polar surface area (TPSA) is 55.8 Å². The molecule has 0 aliphatic heterocycles. The lowest BCUT2D eigenvalue weighted by Crippen LogP contribution is -2.01. The molecular formula is C25H25BrO4. The van der Waals surface area contributed by atoms with E-state index in [0.29, 0.717) is 5.56 Å². The summed E-state index contributed by atoms with van der Waals surface area (Å²) < 4.78 is 11.8. The molecule has 1 N–H and O–H groups in total. The number of aromatic carboxylic acids is 1. The summed E-state index contributed by atoms with van der Waals surface area (Å²) in [5.74, 6) is 0.693. The molecule has 0 radical (unpaired) electrons. The number of aryl methyl sites for hydroxylation is 4. The highest BCUT2D eigenvalue weighted by Crippen LogP contribution is 2.25. The van der Waals surface area contributed by atoms with Crippen LogP contribution in [-0.4, -0.2) is 25.3 Å². The molecule has 3 aromatic carbocycles. The van der Waals surface area contributed by atoms with E-state index in [2.05, 4.69) is 34.1 Å². The van der Waals surface area contributed by atoms with E-state index < -0.39 is 5.97 Å². The van der Waals surface area contributed by atoms with Crippen LogP contribution in [0.5, 0.6) is 11.5 Å². The molecule has 0 bridgehead atoms. The molecule has 5 heteroatoms. The summed E-state index contributed by atoms with van der Waals surface area (Å²) in [4.78, 5) is 11.0. The molecule has 0 aliphatic rings. The van der Waals surface area contributed by atoms with Crippen LogP contribution in [0.3, 0.4) is 0 Å². The molecule has 0 amide bonds. The van der Waals surface area contributed by atoms with Crippen molar-refractivity contribution in [1.29, 1.82) is 0 Å². The number of carboxylic acids is 1. The summed E-state index contributed by atoms with van der Waals surface area (Å²) >= 11 is 3.59. The number of benzene rings is 3. The summed E-state index contributed by atoms with van der Waals surface area (Å²) in [5.41, 5.74) is 5.22. The standard InChI is InChI=1S/C25H25BrO4/c1-29-23-13-18(14-24(16-23)30-2)6-10-21-15-22(26)12-11-19(21)7-3-17-4-8-20(9-5-17)25(27)28/h4-5,8-9,11-16H,3,6-7,10H2,1-2H3,(H,27,28). The molecule has 0 aromatic heterocycles. The largest absolute Gasteiger partial charge is 0.497 e. The van der Waals surface area contributed by atoms with Gasteiger partial charge in [-0.15, -0.1) is 0 Å². The van der Waals surface area contributed by atoms with Gasteiger partial charge in [-0.25, -0.2) is 4.79 Å². The molecule has 3 aromatic rings. The maximum atomic E-state index is 11.0. The fourth-order valence-corrected chi connectivity index (χ4v) is 3.86. The Morgan fingerprint density at radius 1 is 0.767 bits per heavy atom. The monoisotopic (exact) mass is 468 g/mol. The molecule has 0 atom stereocenters. The van der Waals surface area contributed by atoms with Crippen LogP contribution in [0.15, 0.2) is 65.1 Å². The van der Waals surface area contributed by atoms with Crippen molar-refractivity contribution in [2.24, 2.45) is 0 Å². The molecule has 0 spiro atoms. The molecule has 0 fully saturated rings. The van der Waals surface area contributed by atoms with Crippen molar-refractivity contribution in [1.82, 2.24) is 0 Å². The third-order valence-corrected chi connectivity index (χ3v) is 5.64. The van der Waals surface area contributed by atoms with E-state index in [9.17, 15) is 4.79 Å². The van der Waals surface area contributed by atoms with E-state index in [1.165, 1.54) is 16.7 Å². The van der Waals surface area contributed by atoms with Crippen LogP contribution in [0, 0.1) is 0 Å². The van der Waals surface area contributed by atoms with Gasteiger partial charge < -0.3 is 14.6 Å². The maximum Gasteiger partial charge on any atom is 0.335 e. The van der Waals surface area contributed by atoms with Crippen molar-refractivity contribution in [3.8, 4) is 11.5 Å². The molecule has 0 heterocycles. The van der Waals surface area contributed by atoms with Crippen LogP contribution >= 0.6 is 15.9 Å². The van der Waals surface area contributed by atoms with Gasteiger partial charge in [0.1, 0.15) is 11.5 Å². The van der Waals surface area contributed by atoms with Crippen molar-refractivity contribution >= 4 is 21.9 Å². The van der Waals surface area contributed by atoms with Gasteiger partial charge in [0.25, 0.3) is 0 Å². The molecule has 156 valence electrons. The Labute approximate surface area is 185 Å². The Bertz CT molecular complexity index is 990. The SMILES string of the molecule is COc1cc(CCc2cc(Br)ccc2CCc2ccc(C(=O)O)cc2)cc(OC)c1. The van der Waals surface area contributed by atoms with E-state index in [4.69, 9.17) is 14.6 Å². The van der Waals surface area contributed by atoms with Crippen LogP contribution in [0.2, 0.25) is 0 Å². The Kier molecular flexibility index (Phi) is 7.52. The number of hydrogen-bond donors (Lipinski definition) is 1. The first-order chi connectivity index (χ1) is 14.5. The average molecular weight is 469 g/mol. The number of carbonyl (C=O) groups is 1. The van der Waals surface area contributed by atoms with E-state index in [-0.39, 0.29) is 0 Å². The quantitative estimate of drug-likeness (QED) is 0.435. The highest BCUT2D eigenvalue weighted by Gasteiger charge is 2.08. The van der Waals surface area contributed by atoms with Crippen LogP contribution in [0.4, 0.5) is 0 Å².